The zero-order chi connectivity index (χ0) is 15.7. The molecule has 0 aliphatic heterocycles. The zero-order valence-electron chi connectivity index (χ0n) is 12.6. The van der Waals surface area contributed by atoms with Gasteiger partial charge in [0.25, 0.3) is 5.91 Å². The maximum atomic E-state index is 12.0. The second kappa shape index (κ2) is 8.91. The summed E-state index contributed by atoms with van der Waals surface area (Å²) in [6, 6.07) is 4.48. The Hall–Kier alpha value is -2.15. The lowest BCUT2D eigenvalue weighted by Gasteiger charge is -2.14. The Labute approximate surface area is 124 Å². The van der Waals surface area contributed by atoms with Gasteiger partial charge in [0.05, 0.1) is 6.61 Å². The van der Waals surface area contributed by atoms with Crippen molar-refractivity contribution in [3.63, 3.8) is 0 Å². The van der Waals surface area contributed by atoms with Crippen molar-refractivity contribution in [3.8, 4) is 0 Å². The second-order valence-corrected chi connectivity index (χ2v) is 4.42. The van der Waals surface area contributed by atoms with Crippen LogP contribution in [0, 0.1) is 0 Å². The number of carbonyl (C=O) groups is 2. The lowest BCUT2D eigenvalue weighted by molar-refractivity contribution is -0.122. The molecular formula is C14H22N4O3. The van der Waals surface area contributed by atoms with E-state index < -0.39 is 6.04 Å². The van der Waals surface area contributed by atoms with Crippen LogP contribution in [-0.4, -0.2) is 49.6 Å². The smallest absolute Gasteiger partial charge is 0.270 e. The summed E-state index contributed by atoms with van der Waals surface area (Å²) in [6.07, 6.45) is 0. The summed E-state index contributed by atoms with van der Waals surface area (Å²) in [5.74, 6) is -0.0188. The summed E-state index contributed by atoms with van der Waals surface area (Å²) in [5, 5.41) is 8.30. The number of anilines is 1. The third-order valence-electron chi connectivity index (χ3n) is 2.69. The number of nitrogens with zero attached hydrogens (tertiary/aromatic N) is 1. The van der Waals surface area contributed by atoms with Crippen molar-refractivity contribution in [1.82, 2.24) is 15.6 Å². The highest BCUT2D eigenvalue weighted by molar-refractivity contribution is 5.96. The minimum atomic E-state index is -0.640. The van der Waals surface area contributed by atoms with Crippen LogP contribution in [0.2, 0.25) is 0 Å². The SMILES string of the molecule is CCNc1cccc(C(=O)NC(C)C(=O)NCCOC)n1. The van der Waals surface area contributed by atoms with Gasteiger partial charge in [-0.3, -0.25) is 9.59 Å². The zero-order valence-corrected chi connectivity index (χ0v) is 12.6. The largest absolute Gasteiger partial charge is 0.383 e. The Bertz CT molecular complexity index is 479. The molecule has 0 bridgehead atoms. The average Bonchev–Trinajstić information content (AvgIpc) is 2.48. The molecule has 2 amide bonds. The maximum absolute atomic E-state index is 12.0. The summed E-state index contributed by atoms with van der Waals surface area (Å²) in [7, 11) is 1.56. The van der Waals surface area contributed by atoms with E-state index in [1.54, 1.807) is 32.2 Å². The summed E-state index contributed by atoms with van der Waals surface area (Å²) >= 11 is 0. The third-order valence-corrected chi connectivity index (χ3v) is 2.69. The quantitative estimate of drug-likeness (QED) is 0.603. The molecule has 21 heavy (non-hydrogen) atoms. The molecule has 1 rings (SSSR count). The third kappa shape index (κ3) is 5.78. The van der Waals surface area contributed by atoms with Crippen LogP contribution in [0.4, 0.5) is 5.82 Å². The molecule has 7 heteroatoms. The first-order chi connectivity index (χ1) is 10.1. The normalized spacial score (nSPS) is 11.6. The van der Waals surface area contributed by atoms with Crippen molar-refractivity contribution >= 4 is 17.6 Å². The number of aromatic nitrogens is 1. The van der Waals surface area contributed by atoms with Gasteiger partial charge in [-0.15, -0.1) is 0 Å². The Morgan fingerprint density at radius 3 is 2.81 bits per heavy atom. The van der Waals surface area contributed by atoms with E-state index in [1.165, 1.54) is 0 Å². The van der Waals surface area contributed by atoms with E-state index >= 15 is 0 Å². The van der Waals surface area contributed by atoms with Crippen LogP contribution in [0.25, 0.3) is 0 Å². The molecule has 116 valence electrons. The van der Waals surface area contributed by atoms with Crippen LogP contribution in [0.5, 0.6) is 0 Å². The number of amides is 2. The van der Waals surface area contributed by atoms with Crippen LogP contribution in [-0.2, 0) is 9.53 Å². The van der Waals surface area contributed by atoms with Crippen molar-refractivity contribution in [2.24, 2.45) is 0 Å². The van der Waals surface area contributed by atoms with E-state index in [0.717, 1.165) is 6.54 Å². The van der Waals surface area contributed by atoms with Crippen LogP contribution in [0.3, 0.4) is 0 Å². The summed E-state index contributed by atoms with van der Waals surface area (Å²) < 4.78 is 4.84. The molecule has 0 radical (unpaired) electrons. The molecule has 0 spiro atoms. The first-order valence-electron chi connectivity index (χ1n) is 6.87. The van der Waals surface area contributed by atoms with Gasteiger partial charge in [0.2, 0.25) is 5.91 Å². The number of hydrogen-bond donors (Lipinski definition) is 3. The fourth-order valence-corrected chi connectivity index (χ4v) is 1.61. The van der Waals surface area contributed by atoms with Crippen molar-refractivity contribution in [2.45, 2.75) is 19.9 Å². The van der Waals surface area contributed by atoms with Crippen molar-refractivity contribution < 1.29 is 14.3 Å². The maximum Gasteiger partial charge on any atom is 0.270 e. The minimum Gasteiger partial charge on any atom is -0.383 e. The van der Waals surface area contributed by atoms with Gasteiger partial charge in [0.15, 0.2) is 0 Å². The van der Waals surface area contributed by atoms with Gasteiger partial charge in [-0.05, 0) is 26.0 Å². The molecule has 0 saturated carbocycles. The Morgan fingerprint density at radius 1 is 1.38 bits per heavy atom. The summed E-state index contributed by atoms with van der Waals surface area (Å²) in [4.78, 5) is 28.0. The molecule has 0 aromatic carbocycles. The monoisotopic (exact) mass is 294 g/mol. The lowest BCUT2D eigenvalue weighted by atomic mass is 10.2. The highest BCUT2D eigenvalue weighted by atomic mass is 16.5. The van der Waals surface area contributed by atoms with Crippen molar-refractivity contribution in [1.29, 1.82) is 0 Å². The Kier molecular flexibility index (Phi) is 7.17. The number of methoxy groups -OCH3 is 1. The topological polar surface area (TPSA) is 92.4 Å². The van der Waals surface area contributed by atoms with E-state index in [1.807, 2.05) is 6.92 Å². The van der Waals surface area contributed by atoms with Gasteiger partial charge in [0.1, 0.15) is 17.6 Å². The molecule has 0 aliphatic carbocycles. The average molecular weight is 294 g/mol. The van der Waals surface area contributed by atoms with Gasteiger partial charge in [0, 0.05) is 20.2 Å². The number of nitrogens with one attached hydrogen (secondary N) is 3. The van der Waals surface area contributed by atoms with E-state index in [-0.39, 0.29) is 17.5 Å². The van der Waals surface area contributed by atoms with E-state index in [4.69, 9.17) is 4.74 Å². The molecule has 0 fully saturated rings. The van der Waals surface area contributed by atoms with Gasteiger partial charge < -0.3 is 20.7 Å². The Balaban J connectivity index is 2.55. The molecule has 1 unspecified atom stereocenters. The molecule has 1 aromatic heterocycles. The molecule has 0 saturated heterocycles. The van der Waals surface area contributed by atoms with Gasteiger partial charge in [-0.2, -0.15) is 0 Å². The summed E-state index contributed by atoms with van der Waals surface area (Å²) in [5.41, 5.74) is 0.269. The van der Waals surface area contributed by atoms with Crippen LogP contribution in [0.1, 0.15) is 24.3 Å². The number of carbonyl (C=O) groups excluding carboxylic acids is 2. The lowest BCUT2D eigenvalue weighted by Crippen LogP contribution is -2.45. The fourth-order valence-electron chi connectivity index (χ4n) is 1.61. The van der Waals surface area contributed by atoms with E-state index in [9.17, 15) is 9.59 Å². The predicted octanol–water partition coefficient (Wildman–Crippen LogP) is 0.394. The molecular weight excluding hydrogens is 272 g/mol. The molecule has 1 heterocycles. The Morgan fingerprint density at radius 2 is 2.14 bits per heavy atom. The van der Waals surface area contributed by atoms with Gasteiger partial charge in [-0.1, -0.05) is 6.07 Å². The number of ether oxygens (including phenoxy) is 1. The highest BCUT2D eigenvalue weighted by Gasteiger charge is 2.17. The molecule has 1 atom stereocenters. The molecule has 1 aromatic rings. The number of pyridine rings is 1. The minimum absolute atomic E-state index is 0.261. The van der Waals surface area contributed by atoms with Gasteiger partial charge >= 0.3 is 0 Å². The van der Waals surface area contributed by atoms with E-state index in [0.29, 0.717) is 19.0 Å². The van der Waals surface area contributed by atoms with E-state index in [2.05, 4.69) is 20.9 Å². The predicted molar refractivity (Wildman–Crippen MR) is 80.2 cm³/mol. The number of rotatable bonds is 8. The molecule has 7 nitrogen and oxygen atoms in total. The van der Waals surface area contributed by atoms with Crippen molar-refractivity contribution in [3.05, 3.63) is 23.9 Å². The first kappa shape index (κ1) is 16.9. The standard InChI is InChI=1S/C14H22N4O3/c1-4-15-12-7-5-6-11(18-12)14(20)17-10(2)13(19)16-8-9-21-3/h5-7,10H,4,8-9H2,1-3H3,(H,15,18)(H,16,19)(H,17,20). The molecule has 0 aliphatic rings. The number of hydrogen-bond acceptors (Lipinski definition) is 5. The van der Waals surface area contributed by atoms with Crippen LogP contribution in [0.15, 0.2) is 18.2 Å². The van der Waals surface area contributed by atoms with Gasteiger partial charge in [-0.25, -0.2) is 4.98 Å². The van der Waals surface area contributed by atoms with Crippen LogP contribution < -0.4 is 16.0 Å². The fraction of sp³-hybridized carbons (Fsp3) is 0.500. The first-order valence-corrected chi connectivity index (χ1v) is 6.87. The van der Waals surface area contributed by atoms with Crippen LogP contribution >= 0.6 is 0 Å². The second-order valence-electron chi connectivity index (χ2n) is 4.42. The highest BCUT2D eigenvalue weighted by Crippen LogP contribution is 2.04. The van der Waals surface area contributed by atoms with Crippen molar-refractivity contribution in [2.75, 3.05) is 32.1 Å². The summed E-state index contributed by atoms with van der Waals surface area (Å²) in [6.45, 7) is 5.12. The molecule has 3 N–H and O–H groups in total.